The third kappa shape index (κ3) is 1.32. The van der Waals surface area contributed by atoms with Gasteiger partial charge < -0.3 is 4.42 Å². The maximum Gasteiger partial charge on any atom is 0.195 e. The van der Waals surface area contributed by atoms with Crippen LogP contribution < -0.4 is 0 Å². The molecular weight excluding hydrogens is 162 g/mol. The predicted molar refractivity (Wildman–Crippen MR) is 52.9 cm³/mol. The van der Waals surface area contributed by atoms with E-state index >= 15 is 0 Å². The predicted octanol–water partition coefficient (Wildman–Crippen LogP) is 3.01. The minimum Gasteiger partial charge on any atom is -0.441 e. The van der Waals surface area contributed by atoms with Crippen LogP contribution in [0.2, 0.25) is 0 Å². The van der Waals surface area contributed by atoms with E-state index in [1.807, 2.05) is 13.0 Å². The van der Waals surface area contributed by atoms with Crippen molar-refractivity contribution in [1.82, 2.24) is 4.98 Å². The fourth-order valence-corrected chi connectivity index (χ4v) is 1.57. The molecule has 0 aliphatic carbocycles. The van der Waals surface area contributed by atoms with Crippen LogP contribution in [0, 0.1) is 13.8 Å². The smallest absolute Gasteiger partial charge is 0.195 e. The number of hydrogen-bond donors (Lipinski definition) is 0. The van der Waals surface area contributed by atoms with Crippen LogP contribution in [0.15, 0.2) is 16.5 Å². The molecule has 1 heterocycles. The molecule has 0 unspecified atom stereocenters. The average Bonchev–Trinajstić information content (AvgIpc) is 2.47. The molecule has 0 aliphatic rings. The van der Waals surface area contributed by atoms with E-state index in [0.29, 0.717) is 0 Å². The molecule has 0 spiro atoms. The summed E-state index contributed by atoms with van der Waals surface area (Å²) in [6.45, 7) is 6.19. The average molecular weight is 175 g/mol. The van der Waals surface area contributed by atoms with Crippen LogP contribution in [0.25, 0.3) is 11.1 Å². The van der Waals surface area contributed by atoms with Crippen molar-refractivity contribution in [3.05, 3.63) is 29.2 Å². The summed E-state index contributed by atoms with van der Waals surface area (Å²) in [6.07, 6.45) is 0.854. The molecule has 68 valence electrons. The fraction of sp³-hybridized carbons (Fsp3) is 0.364. The molecule has 0 bridgehead atoms. The van der Waals surface area contributed by atoms with E-state index in [-0.39, 0.29) is 0 Å². The van der Waals surface area contributed by atoms with Gasteiger partial charge in [0.2, 0.25) is 0 Å². The van der Waals surface area contributed by atoms with Gasteiger partial charge in [0.1, 0.15) is 5.52 Å². The van der Waals surface area contributed by atoms with Crippen LogP contribution in [0.3, 0.4) is 0 Å². The van der Waals surface area contributed by atoms with E-state index in [1.54, 1.807) is 0 Å². The lowest BCUT2D eigenvalue weighted by Gasteiger charge is -1.94. The molecule has 0 radical (unpaired) electrons. The Kier molecular flexibility index (Phi) is 1.83. The molecule has 0 aliphatic heterocycles. The summed E-state index contributed by atoms with van der Waals surface area (Å²) in [5.41, 5.74) is 4.33. The third-order valence-corrected chi connectivity index (χ3v) is 2.18. The van der Waals surface area contributed by atoms with Gasteiger partial charge in [-0.05, 0) is 31.0 Å². The lowest BCUT2D eigenvalue weighted by Crippen LogP contribution is -1.80. The molecule has 0 fully saturated rings. The molecule has 2 aromatic rings. The molecule has 1 aromatic carbocycles. The van der Waals surface area contributed by atoms with Crippen LogP contribution in [0.4, 0.5) is 0 Å². The molecule has 0 N–H and O–H groups in total. The second kappa shape index (κ2) is 2.87. The summed E-state index contributed by atoms with van der Waals surface area (Å²) in [4.78, 5) is 4.41. The summed E-state index contributed by atoms with van der Waals surface area (Å²) < 4.78 is 5.57. The van der Waals surface area contributed by atoms with Crippen molar-refractivity contribution in [3.8, 4) is 0 Å². The molecule has 2 rings (SSSR count). The Bertz CT molecular complexity index is 443. The number of aromatic nitrogens is 1. The van der Waals surface area contributed by atoms with Gasteiger partial charge in [0.15, 0.2) is 11.5 Å². The number of hydrogen-bond acceptors (Lipinski definition) is 2. The number of fused-ring (bicyclic) bond motifs is 1. The topological polar surface area (TPSA) is 26.0 Å². The SMILES string of the molecule is CCc1nc2c(C)cc(C)cc2o1. The second-order valence-electron chi connectivity index (χ2n) is 3.39. The van der Waals surface area contributed by atoms with Crippen molar-refractivity contribution >= 4 is 11.1 Å². The Balaban J connectivity index is 2.75. The van der Waals surface area contributed by atoms with Crippen molar-refractivity contribution < 1.29 is 4.42 Å². The second-order valence-corrected chi connectivity index (χ2v) is 3.39. The maximum absolute atomic E-state index is 5.57. The molecule has 0 atom stereocenters. The highest BCUT2D eigenvalue weighted by Gasteiger charge is 2.06. The Labute approximate surface area is 77.6 Å². The van der Waals surface area contributed by atoms with Gasteiger partial charge in [-0.3, -0.25) is 0 Å². The van der Waals surface area contributed by atoms with Crippen LogP contribution in [-0.2, 0) is 6.42 Å². The highest BCUT2D eigenvalue weighted by molar-refractivity contribution is 5.77. The highest BCUT2D eigenvalue weighted by atomic mass is 16.3. The summed E-state index contributed by atoms with van der Waals surface area (Å²) >= 11 is 0. The summed E-state index contributed by atoms with van der Waals surface area (Å²) in [5, 5.41) is 0. The van der Waals surface area contributed by atoms with Gasteiger partial charge >= 0.3 is 0 Å². The normalized spacial score (nSPS) is 11.0. The monoisotopic (exact) mass is 175 g/mol. The molecule has 0 amide bonds. The van der Waals surface area contributed by atoms with E-state index in [0.717, 1.165) is 23.4 Å². The van der Waals surface area contributed by atoms with E-state index in [2.05, 4.69) is 24.9 Å². The van der Waals surface area contributed by atoms with Gasteiger partial charge in [0, 0.05) is 6.42 Å². The van der Waals surface area contributed by atoms with E-state index in [9.17, 15) is 0 Å². The largest absolute Gasteiger partial charge is 0.441 e. The van der Waals surface area contributed by atoms with Crippen LogP contribution in [0.5, 0.6) is 0 Å². The zero-order valence-electron chi connectivity index (χ0n) is 8.22. The van der Waals surface area contributed by atoms with Gasteiger partial charge in [-0.2, -0.15) is 0 Å². The first kappa shape index (κ1) is 8.30. The molecule has 2 heteroatoms. The number of oxazole rings is 1. The summed E-state index contributed by atoms with van der Waals surface area (Å²) in [6, 6.07) is 4.17. The Morgan fingerprint density at radius 3 is 2.77 bits per heavy atom. The lowest BCUT2D eigenvalue weighted by molar-refractivity contribution is 0.538. The van der Waals surface area contributed by atoms with Crippen LogP contribution in [-0.4, -0.2) is 4.98 Å². The van der Waals surface area contributed by atoms with Gasteiger partial charge in [-0.15, -0.1) is 0 Å². The molecule has 0 saturated heterocycles. The molecule has 13 heavy (non-hydrogen) atoms. The van der Waals surface area contributed by atoms with Crippen molar-refractivity contribution in [2.45, 2.75) is 27.2 Å². The minimum absolute atomic E-state index is 0.823. The molecule has 1 aromatic heterocycles. The van der Waals surface area contributed by atoms with Crippen molar-refractivity contribution in [2.24, 2.45) is 0 Å². The fourth-order valence-electron chi connectivity index (χ4n) is 1.57. The summed E-state index contributed by atoms with van der Waals surface area (Å²) in [5.74, 6) is 0.823. The Hall–Kier alpha value is -1.31. The number of aryl methyl sites for hydroxylation is 3. The lowest BCUT2D eigenvalue weighted by atomic mass is 10.1. The molecule has 0 saturated carbocycles. The first-order chi connectivity index (χ1) is 6.20. The number of benzene rings is 1. The van der Waals surface area contributed by atoms with Crippen LogP contribution in [0.1, 0.15) is 23.9 Å². The Morgan fingerprint density at radius 1 is 1.31 bits per heavy atom. The van der Waals surface area contributed by atoms with Crippen molar-refractivity contribution in [1.29, 1.82) is 0 Å². The zero-order chi connectivity index (χ0) is 9.42. The van der Waals surface area contributed by atoms with Crippen LogP contribution >= 0.6 is 0 Å². The zero-order valence-corrected chi connectivity index (χ0v) is 8.22. The van der Waals surface area contributed by atoms with Crippen molar-refractivity contribution in [2.75, 3.05) is 0 Å². The maximum atomic E-state index is 5.57. The van der Waals surface area contributed by atoms with E-state index in [1.165, 1.54) is 11.1 Å². The quantitative estimate of drug-likeness (QED) is 0.665. The summed E-state index contributed by atoms with van der Waals surface area (Å²) in [7, 11) is 0. The minimum atomic E-state index is 0.823. The first-order valence-electron chi connectivity index (χ1n) is 4.57. The van der Waals surface area contributed by atoms with Gasteiger partial charge in [0.25, 0.3) is 0 Å². The first-order valence-corrected chi connectivity index (χ1v) is 4.57. The Morgan fingerprint density at radius 2 is 2.08 bits per heavy atom. The van der Waals surface area contributed by atoms with Gasteiger partial charge in [-0.1, -0.05) is 13.0 Å². The highest BCUT2D eigenvalue weighted by Crippen LogP contribution is 2.21. The van der Waals surface area contributed by atoms with Crippen molar-refractivity contribution in [3.63, 3.8) is 0 Å². The number of nitrogens with zero attached hydrogens (tertiary/aromatic N) is 1. The van der Waals surface area contributed by atoms with E-state index in [4.69, 9.17) is 4.42 Å². The van der Waals surface area contributed by atoms with Gasteiger partial charge in [0.05, 0.1) is 0 Å². The number of rotatable bonds is 1. The molecular formula is C11H13NO. The third-order valence-electron chi connectivity index (χ3n) is 2.18. The van der Waals surface area contributed by atoms with Gasteiger partial charge in [-0.25, -0.2) is 4.98 Å². The van der Waals surface area contributed by atoms with E-state index < -0.39 is 0 Å². The molecule has 2 nitrogen and oxygen atoms in total. The standard InChI is InChI=1S/C11H13NO/c1-4-10-12-11-8(3)5-7(2)6-9(11)13-10/h5-6H,4H2,1-3H3.